The van der Waals surface area contributed by atoms with E-state index in [2.05, 4.69) is 10.6 Å². The van der Waals surface area contributed by atoms with Crippen molar-refractivity contribution in [2.24, 2.45) is 0 Å². The maximum Gasteiger partial charge on any atom is 0.251 e. The second kappa shape index (κ2) is 8.14. The van der Waals surface area contributed by atoms with Crippen molar-refractivity contribution in [2.75, 3.05) is 11.9 Å². The van der Waals surface area contributed by atoms with Gasteiger partial charge in [-0.05, 0) is 42.1 Å². The fraction of sp³-hybridized carbons (Fsp3) is 0.176. The summed E-state index contributed by atoms with van der Waals surface area (Å²) in [6.45, 7) is 2.63. The summed E-state index contributed by atoms with van der Waals surface area (Å²) in [6.07, 6.45) is 4.13. The molecule has 2 aromatic rings. The minimum Gasteiger partial charge on any atom is -0.352 e. The molecule has 0 fully saturated rings. The topological polar surface area (TPSA) is 58.2 Å². The number of carbonyl (C=O) groups excluding carboxylic acids is 2. The lowest BCUT2D eigenvalue weighted by atomic mass is 10.2. The Hall–Kier alpha value is -2.40. The molecule has 4 nitrogen and oxygen atoms in total. The quantitative estimate of drug-likeness (QED) is 0.801. The highest BCUT2D eigenvalue weighted by Gasteiger charge is 2.06. The molecule has 0 saturated carbocycles. The van der Waals surface area contributed by atoms with Gasteiger partial charge in [0.15, 0.2) is 0 Å². The lowest BCUT2D eigenvalue weighted by Gasteiger charge is -2.06. The van der Waals surface area contributed by atoms with Crippen LogP contribution < -0.4 is 10.6 Å². The van der Waals surface area contributed by atoms with Gasteiger partial charge < -0.3 is 10.6 Å². The highest BCUT2D eigenvalue weighted by molar-refractivity contribution is 7.10. The monoisotopic (exact) mass is 314 g/mol. The third-order valence-electron chi connectivity index (χ3n) is 2.87. The van der Waals surface area contributed by atoms with E-state index in [1.54, 1.807) is 41.7 Å². The average Bonchev–Trinajstić information content (AvgIpc) is 3.04. The molecule has 0 radical (unpaired) electrons. The first-order valence-corrected chi connectivity index (χ1v) is 7.98. The Bertz CT molecular complexity index is 663. The molecule has 5 heteroatoms. The number of hydrogen-bond donors (Lipinski definition) is 2. The largest absolute Gasteiger partial charge is 0.352 e. The van der Waals surface area contributed by atoms with Crippen molar-refractivity contribution in [3.63, 3.8) is 0 Å². The van der Waals surface area contributed by atoms with Gasteiger partial charge in [0.25, 0.3) is 5.91 Å². The number of rotatable bonds is 6. The average molecular weight is 314 g/mol. The smallest absolute Gasteiger partial charge is 0.251 e. The summed E-state index contributed by atoms with van der Waals surface area (Å²) in [7, 11) is 0. The van der Waals surface area contributed by atoms with Crippen molar-refractivity contribution in [2.45, 2.75) is 13.3 Å². The number of anilines is 1. The molecule has 0 bridgehead atoms. The Kier molecular flexibility index (Phi) is 5.91. The first-order valence-electron chi connectivity index (χ1n) is 7.10. The summed E-state index contributed by atoms with van der Waals surface area (Å²) >= 11 is 1.57. The predicted molar refractivity (Wildman–Crippen MR) is 91.0 cm³/mol. The maximum absolute atomic E-state index is 11.9. The Balaban J connectivity index is 1.97. The minimum atomic E-state index is -0.223. The first-order chi connectivity index (χ1) is 10.7. The van der Waals surface area contributed by atoms with Gasteiger partial charge in [0, 0.05) is 28.7 Å². The summed E-state index contributed by atoms with van der Waals surface area (Å²) in [5, 5.41) is 7.52. The van der Waals surface area contributed by atoms with Gasteiger partial charge in [-0.2, -0.15) is 0 Å². The Morgan fingerprint density at radius 1 is 1.23 bits per heavy atom. The summed E-state index contributed by atoms with van der Waals surface area (Å²) in [5.74, 6) is -0.355. The second-order valence-electron chi connectivity index (χ2n) is 4.67. The van der Waals surface area contributed by atoms with Crippen molar-refractivity contribution in [1.82, 2.24) is 5.32 Å². The summed E-state index contributed by atoms with van der Waals surface area (Å²) in [6, 6.07) is 10.8. The van der Waals surface area contributed by atoms with Gasteiger partial charge in [-0.15, -0.1) is 11.3 Å². The molecular formula is C17H18N2O2S. The number of carbonyl (C=O) groups is 2. The Morgan fingerprint density at radius 2 is 2.09 bits per heavy atom. The first kappa shape index (κ1) is 16.0. The number of benzene rings is 1. The van der Waals surface area contributed by atoms with Gasteiger partial charge >= 0.3 is 0 Å². The molecule has 1 aromatic heterocycles. The van der Waals surface area contributed by atoms with Crippen LogP contribution in [0, 0.1) is 0 Å². The fourth-order valence-corrected chi connectivity index (χ4v) is 2.42. The number of amides is 2. The van der Waals surface area contributed by atoms with E-state index >= 15 is 0 Å². The van der Waals surface area contributed by atoms with Crippen LogP contribution in [0.5, 0.6) is 0 Å². The Labute approximate surface area is 133 Å². The van der Waals surface area contributed by atoms with E-state index in [1.165, 1.54) is 6.08 Å². The Morgan fingerprint density at radius 3 is 2.82 bits per heavy atom. The van der Waals surface area contributed by atoms with E-state index < -0.39 is 0 Å². The third kappa shape index (κ3) is 4.86. The lowest BCUT2D eigenvalue weighted by Crippen LogP contribution is -2.24. The number of nitrogens with one attached hydrogen (secondary N) is 2. The highest BCUT2D eigenvalue weighted by Crippen LogP contribution is 2.12. The van der Waals surface area contributed by atoms with Crippen molar-refractivity contribution < 1.29 is 9.59 Å². The molecule has 0 spiro atoms. The van der Waals surface area contributed by atoms with E-state index in [9.17, 15) is 9.59 Å². The van der Waals surface area contributed by atoms with Crippen molar-refractivity contribution in [1.29, 1.82) is 0 Å². The standard InChI is InChI=1S/C17H18N2O2S/c1-2-10-18-17(21)13-5-3-6-14(12-13)19-16(20)9-8-15-7-4-11-22-15/h3-9,11-12H,2,10H2,1H3,(H,18,21)(H,19,20)/b9-8+. The van der Waals surface area contributed by atoms with Crippen LogP contribution in [0.3, 0.4) is 0 Å². The van der Waals surface area contributed by atoms with Crippen molar-refractivity contribution in [3.05, 3.63) is 58.3 Å². The van der Waals surface area contributed by atoms with Crippen LogP contribution in [0.15, 0.2) is 47.9 Å². The molecule has 0 aliphatic heterocycles. The molecule has 2 amide bonds. The molecule has 0 saturated heterocycles. The maximum atomic E-state index is 11.9. The molecule has 1 aromatic carbocycles. The molecule has 2 N–H and O–H groups in total. The van der Waals surface area contributed by atoms with E-state index in [0.717, 1.165) is 11.3 Å². The third-order valence-corrected chi connectivity index (χ3v) is 3.71. The van der Waals surface area contributed by atoms with Crippen LogP contribution in [0.2, 0.25) is 0 Å². The van der Waals surface area contributed by atoms with Gasteiger partial charge in [0.05, 0.1) is 0 Å². The van der Waals surface area contributed by atoms with Crippen molar-refractivity contribution in [3.8, 4) is 0 Å². The van der Waals surface area contributed by atoms with Gasteiger partial charge in [-0.25, -0.2) is 0 Å². The zero-order valence-electron chi connectivity index (χ0n) is 12.3. The van der Waals surface area contributed by atoms with Gasteiger partial charge in [0.1, 0.15) is 0 Å². The molecule has 0 atom stereocenters. The minimum absolute atomic E-state index is 0.132. The highest BCUT2D eigenvalue weighted by atomic mass is 32.1. The predicted octanol–water partition coefficient (Wildman–Crippen LogP) is 3.54. The summed E-state index contributed by atoms with van der Waals surface area (Å²) in [5.41, 5.74) is 1.14. The van der Waals surface area contributed by atoms with Crippen LogP contribution in [-0.2, 0) is 4.79 Å². The van der Waals surface area contributed by atoms with E-state index in [1.807, 2.05) is 24.4 Å². The molecule has 0 unspecified atom stereocenters. The molecule has 0 aliphatic carbocycles. The molecular weight excluding hydrogens is 296 g/mol. The zero-order chi connectivity index (χ0) is 15.8. The molecule has 0 aliphatic rings. The molecule has 2 rings (SSSR count). The van der Waals surface area contributed by atoms with Crippen LogP contribution in [0.25, 0.3) is 6.08 Å². The van der Waals surface area contributed by atoms with Crippen LogP contribution in [0.1, 0.15) is 28.6 Å². The summed E-state index contributed by atoms with van der Waals surface area (Å²) in [4.78, 5) is 24.8. The lowest BCUT2D eigenvalue weighted by molar-refractivity contribution is -0.111. The van der Waals surface area contributed by atoms with Crippen LogP contribution in [-0.4, -0.2) is 18.4 Å². The van der Waals surface area contributed by atoms with Gasteiger partial charge in [-0.1, -0.05) is 19.1 Å². The normalized spacial score (nSPS) is 10.6. The van der Waals surface area contributed by atoms with Crippen molar-refractivity contribution >= 4 is 34.9 Å². The fourth-order valence-electron chi connectivity index (χ4n) is 1.81. The van der Waals surface area contributed by atoms with E-state index in [4.69, 9.17) is 0 Å². The number of thiophene rings is 1. The van der Waals surface area contributed by atoms with E-state index in [0.29, 0.717) is 17.8 Å². The summed E-state index contributed by atoms with van der Waals surface area (Å²) < 4.78 is 0. The van der Waals surface area contributed by atoms with Crippen LogP contribution >= 0.6 is 11.3 Å². The molecule has 22 heavy (non-hydrogen) atoms. The number of hydrogen-bond acceptors (Lipinski definition) is 3. The molecule has 1 heterocycles. The van der Waals surface area contributed by atoms with Gasteiger partial charge in [0.2, 0.25) is 5.91 Å². The SMILES string of the molecule is CCCNC(=O)c1cccc(NC(=O)/C=C/c2cccs2)c1. The zero-order valence-corrected chi connectivity index (χ0v) is 13.2. The van der Waals surface area contributed by atoms with Crippen LogP contribution in [0.4, 0.5) is 5.69 Å². The van der Waals surface area contributed by atoms with Gasteiger partial charge in [-0.3, -0.25) is 9.59 Å². The molecule has 114 valence electrons. The second-order valence-corrected chi connectivity index (χ2v) is 5.65. The van der Waals surface area contributed by atoms with E-state index in [-0.39, 0.29) is 11.8 Å².